The van der Waals surface area contributed by atoms with Gasteiger partial charge in [0.15, 0.2) is 11.5 Å². The average molecular weight is 312 g/mol. The minimum atomic E-state index is 0.0318. The molecule has 3 rings (SSSR count). The zero-order valence-electron chi connectivity index (χ0n) is 10.3. The highest BCUT2D eigenvalue weighted by molar-refractivity contribution is 6.35. The quantitative estimate of drug-likeness (QED) is 0.898. The number of hydrogen-bond donors (Lipinski definition) is 2. The maximum Gasteiger partial charge on any atom is 0.231 e. The summed E-state index contributed by atoms with van der Waals surface area (Å²) in [6.45, 7) is 0.634. The van der Waals surface area contributed by atoms with Crippen LogP contribution in [0.5, 0.6) is 17.2 Å². The van der Waals surface area contributed by atoms with E-state index in [1.807, 2.05) is 18.2 Å². The van der Waals surface area contributed by atoms with Crippen molar-refractivity contribution in [1.82, 2.24) is 0 Å². The van der Waals surface area contributed by atoms with Crippen molar-refractivity contribution in [3.05, 3.63) is 45.9 Å². The van der Waals surface area contributed by atoms with Crippen molar-refractivity contribution in [2.45, 2.75) is 6.54 Å². The topological polar surface area (TPSA) is 50.7 Å². The van der Waals surface area contributed by atoms with Gasteiger partial charge in [0.05, 0.1) is 5.02 Å². The minimum absolute atomic E-state index is 0.0318. The Kier molecular flexibility index (Phi) is 3.51. The molecule has 104 valence electrons. The fourth-order valence-corrected chi connectivity index (χ4v) is 2.49. The second-order valence-electron chi connectivity index (χ2n) is 4.32. The third kappa shape index (κ3) is 2.57. The van der Waals surface area contributed by atoms with Crippen LogP contribution in [0.2, 0.25) is 10.0 Å². The van der Waals surface area contributed by atoms with Crippen molar-refractivity contribution in [1.29, 1.82) is 0 Å². The van der Waals surface area contributed by atoms with Gasteiger partial charge in [0, 0.05) is 28.9 Å². The predicted molar refractivity (Wildman–Crippen MR) is 78.0 cm³/mol. The van der Waals surface area contributed by atoms with E-state index in [0.717, 1.165) is 11.4 Å². The van der Waals surface area contributed by atoms with Gasteiger partial charge in [0.2, 0.25) is 6.79 Å². The van der Waals surface area contributed by atoms with Crippen LogP contribution in [0.1, 0.15) is 5.56 Å². The summed E-state index contributed by atoms with van der Waals surface area (Å²) in [5.41, 5.74) is 1.48. The Morgan fingerprint density at radius 3 is 2.75 bits per heavy atom. The SMILES string of the molecule is Oc1c(Cl)cc(Cl)cc1CNc1ccc2c(c1)OCO2. The monoisotopic (exact) mass is 311 g/mol. The van der Waals surface area contributed by atoms with Gasteiger partial charge in [-0.3, -0.25) is 0 Å². The Bertz CT molecular complexity index is 661. The van der Waals surface area contributed by atoms with Crippen LogP contribution in [0.15, 0.2) is 30.3 Å². The molecule has 2 N–H and O–H groups in total. The van der Waals surface area contributed by atoms with Crippen LogP contribution in [0, 0.1) is 0 Å². The van der Waals surface area contributed by atoms with Crippen LogP contribution in [-0.4, -0.2) is 11.9 Å². The normalized spacial score (nSPS) is 12.5. The van der Waals surface area contributed by atoms with Gasteiger partial charge in [-0.1, -0.05) is 23.2 Å². The molecule has 4 nitrogen and oxygen atoms in total. The highest BCUT2D eigenvalue weighted by Crippen LogP contribution is 2.35. The van der Waals surface area contributed by atoms with E-state index in [4.69, 9.17) is 32.7 Å². The first-order chi connectivity index (χ1) is 9.63. The Morgan fingerprint density at radius 1 is 1.10 bits per heavy atom. The van der Waals surface area contributed by atoms with Crippen molar-refractivity contribution < 1.29 is 14.6 Å². The Labute approximate surface area is 125 Å². The molecule has 1 aliphatic rings. The Hall–Kier alpha value is -1.78. The summed E-state index contributed by atoms with van der Waals surface area (Å²) in [5.74, 6) is 1.46. The molecule has 0 unspecified atom stereocenters. The molecule has 6 heteroatoms. The molecular formula is C14H11Cl2NO3. The lowest BCUT2D eigenvalue weighted by Crippen LogP contribution is -2.00. The lowest BCUT2D eigenvalue weighted by Gasteiger charge is -2.10. The van der Waals surface area contributed by atoms with E-state index in [0.29, 0.717) is 22.9 Å². The third-order valence-corrected chi connectivity index (χ3v) is 3.47. The Morgan fingerprint density at radius 2 is 1.90 bits per heavy atom. The van der Waals surface area contributed by atoms with Crippen LogP contribution in [0.3, 0.4) is 0 Å². The standard InChI is InChI=1S/C14H11Cl2NO3/c15-9-3-8(14(18)11(16)4-9)6-17-10-1-2-12-13(5-10)20-7-19-12/h1-5,17-18H,6-7H2. The number of ether oxygens (including phenoxy) is 2. The zero-order valence-corrected chi connectivity index (χ0v) is 11.8. The molecule has 0 amide bonds. The molecular weight excluding hydrogens is 301 g/mol. The molecule has 20 heavy (non-hydrogen) atoms. The minimum Gasteiger partial charge on any atom is -0.506 e. The fourth-order valence-electron chi connectivity index (χ4n) is 1.96. The van der Waals surface area contributed by atoms with E-state index in [9.17, 15) is 5.11 Å². The van der Waals surface area contributed by atoms with Crippen LogP contribution in [-0.2, 0) is 6.54 Å². The number of rotatable bonds is 3. The van der Waals surface area contributed by atoms with Gasteiger partial charge in [-0.05, 0) is 24.3 Å². The smallest absolute Gasteiger partial charge is 0.231 e. The first kappa shape index (κ1) is 13.2. The number of halogens is 2. The van der Waals surface area contributed by atoms with Crippen molar-refractivity contribution in [3.63, 3.8) is 0 Å². The van der Waals surface area contributed by atoms with Crippen LogP contribution >= 0.6 is 23.2 Å². The molecule has 1 aliphatic heterocycles. The highest BCUT2D eigenvalue weighted by Gasteiger charge is 2.13. The molecule has 2 aromatic carbocycles. The number of hydrogen-bond acceptors (Lipinski definition) is 4. The molecule has 0 spiro atoms. The molecule has 0 fully saturated rings. The lowest BCUT2D eigenvalue weighted by molar-refractivity contribution is 0.174. The number of phenolic OH excluding ortho intramolecular Hbond substituents is 1. The molecule has 0 saturated carbocycles. The van der Waals surface area contributed by atoms with Gasteiger partial charge in [-0.2, -0.15) is 0 Å². The van der Waals surface area contributed by atoms with Crippen LogP contribution in [0.25, 0.3) is 0 Å². The van der Waals surface area contributed by atoms with Crippen molar-refractivity contribution in [3.8, 4) is 17.2 Å². The Balaban J connectivity index is 1.77. The highest BCUT2D eigenvalue weighted by atomic mass is 35.5. The summed E-state index contributed by atoms with van der Waals surface area (Å²) in [6, 6.07) is 8.71. The number of anilines is 1. The van der Waals surface area contributed by atoms with Crippen molar-refractivity contribution >= 4 is 28.9 Å². The number of fused-ring (bicyclic) bond motifs is 1. The molecule has 2 aromatic rings. The van der Waals surface area contributed by atoms with E-state index in [1.54, 1.807) is 6.07 Å². The van der Waals surface area contributed by atoms with Gasteiger partial charge < -0.3 is 19.9 Å². The summed E-state index contributed by atoms with van der Waals surface area (Å²) in [4.78, 5) is 0. The maximum atomic E-state index is 9.88. The summed E-state index contributed by atoms with van der Waals surface area (Å²) < 4.78 is 10.5. The van der Waals surface area contributed by atoms with E-state index >= 15 is 0 Å². The molecule has 1 heterocycles. The number of aromatic hydroxyl groups is 1. The van der Waals surface area contributed by atoms with Crippen molar-refractivity contribution in [2.24, 2.45) is 0 Å². The number of nitrogens with one attached hydrogen (secondary N) is 1. The summed E-state index contributed by atoms with van der Waals surface area (Å²) in [5, 5.41) is 13.8. The average Bonchev–Trinajstić information content (AvgIpc) is 2.88. The number of benzene rings is 2. The lowest BCUT2D eigenvalue weighted by atomic mass is 10.2. The summed E-state index contributed by atoms with van der Waals surface area (Å²) in [6.07, 6.45) is 0. The van der Waals surface area contributed by atoms with Gasteiger partial charge in [0.25, 0.3) is 0 Å². The van der Waals surface area contributed by atoms with Crippen molar-refractivity contribution in [2.75, 3.05) is 12.1 Å². The molecule has 0 radical (unpaired) electrons. The molecule has 0 atom stereocenters. The molecule has 0 bridgehead atoms. The van der Waals surface area contributed by atoms with E-state index < -0.39 is 0 Å². The van der Waals surface area contributed by atoms with Crippen LogP contribution < -0.4 is 14.8 Å². The fraction of sp³-hybridized carbons (Fsp3) is 0.143. The second-order valence-corrected chi connectivity index (χ2v) is 5.16. The van der Waals surface area contributed by atoms with E-state index in [2.05, 4.69) is 5.32 Å². The largest absolute Gasteiger partial charge is 0.506 e. The van der Waals surface area contributed by atoms with Crippen LogP contribution in [0.4, 0.5) is 5.69 Å². The molecule has 0 aliphatic carbocycles. The third-order valence-electron chi connectivity index (χ3n) is 2.96. The molecule has 0 aromatic heterocycles. The maximum absolute atomic E-state index is 9.88. The van der Waals surface area contributed by atoms with E-state index in [-0.39, 0.29) is 17.6 Å². The van der Waals surface area contributed by atoms with Gasteiger partial charge in [0.1, 0.15) is 5.75 Å². The molecule has 0 saturated heterocycles. The first-order valence-corrected chi connectivity index (χ1v) is 6.69. The van der Waals surface area contributed by atoms with E-state index in [1.165, 1.54) is 6.07 Å². The van der Waals surface area contributed by atoms with Gasteiger partial charge in [-0.25, -0.2) is 0 Å². The predicted octanol–water partition coefficient (Wildman–Crippen LogP) is 4.04. The van der Waals surface area contributed by atoms with Gasteiger partial charge in [-0.15, -0.1) is 0 Å². The van der Waals surface area contributed by atoms with Gasteiger partial charge >= 0.3 is 0 Å². The first-order valence-electron chi connectivity index (χ1n) is 5.94. The number of phenols is 1. The summed E-state index contributed by atoms with van der Waals surface area (Å²) >= 11 is 11.8. The summed E-state index contributed by atoms with van der Waals surface area (Å²) in [7, 11) is 0. The second kappa shape index (κ2) is 5.31. The zero-order chi connectivity index (χ0) is 14.1.